The Hall–Kier alpha value is -2.04. The van der Waals surface area contributed by atoms with Gasteiger partial charge in [-0.1, -0.05) is 53.5 Å². The summed E-state index contributed by atoms with van der Waals surface area (Å²) in [5.74, 6) is -0.292. The summed E-state index contributed by atoms with van der Waals surface area (Å²) in [5, 5.41) is 3.52. The van der Waals surface area contributed by atoms with Gasteiger partial charge < -0.3 is 10.2 Å². The molecule has 24 heavy (non-hydrogen) atoms. The van der Waals surface area contributed by atoms with E-state index in [1.54, 1.807) is 17.0 Å². The summed E-state index contributed by atoms with van der Waals surface area (Å²) in [6.07, 6.45) is 0. The molecule has 1 N–H and O–H groups in total. The van der Waals surface area contributed by atoms with E-state index >= 15 is 0 Å². The van der Waals surface area contributed by atoms with Gasteiger partial charge in [0.2, 0.25) is 5.91 Å². The minimum atomic E-state index is -0.253. The molecule has 2 aromatic carbocycles. The summed E-state index contributed by atoms with van der Waals surface area (Å²) in [4.78, 5) is 25.5. The lowest BCUT2D eigenvalue weighted by Crippen LogP contribution is -2.37. The molecule has 2 rings (SSSR count). The van der Waals surface area contributed by atoms with Crippen molar-refractivity contribution in [1.82, 2.24) is 10.2 Å². The molecule has 0 atom stereocenters. The molecule has 0 aliphatic heterocycles. The van der Waals surface area contributed by atoms with Gasteiger partial charge in [0, 0.05) is 32.1 Å². The first kappa shape index (κ1) is 18.3. The highest BCUT2D eigenvalue weighted by molar-refractivity contribution is 6.42. The Balaban J connectivity index is 1.89. The zero-order valence-corrected chi connectivity index (χ0v) is 14.8. The third-order valence-electron chi connectivity index (χ3n) is 3.51. The lowest BCUT2D eigenvalue weighted by atomic mass is 10.2. The average molecular weight is 365 g/mol. The molecule has 0 unspecified atom stereocenters. The monoisotopic (exact) mass is 364 g/mol. The quantitative estimate of drug-likeness (QED) is 0.847. The molecule has 0 aliphatic rings. The maximum absolute atomic E-state index is 12.1. The van der Waals surface area contributed by atoms with Crippen LogP contribution < -0.4 is 5.32 Å². The Bertz CT molecular complexity index is 720. The summed E-state index contributed by atoms with van der Waals surface area (Å²) in [5.41, 5.74) is 1.48. The molecular weight excluding hydrogens is 347 g/mol. The van der Waals surface area contributed by atoms with Crippen LogP contribution in [-0.2, 0) is 11.3 Å². The molecule has 0 aliphatic carbocycles. The van der Waals surface area contributed by atoms with Gasteiger partial charge in [-0.2, -0.15) is 0 Å². The van der Waals surface area contributed by atoms with Gasteiger partial charge in [0.15, 0.2) is 0 Å². The van der Waals surface area contributed by atoms with Gasteiger partial charge in [0.1, 0.15) is 0 Å². The van der Waals surface area contributed by atoms with Crippen molar-refractivity contribution in [1.29, 1.82) is 0 Å². The molecule has 4 nitrogen and oxygen atoms in total. The van der Waals surface area contributed by atoms with Crippen LogP contribution in [0.3, 0.4) is 0 Å². The molecule has 2 aromatic rings. The second-order valence-corrected chi connectivity index (χ2v) is 6.13. The molecule has 2 amide bonds. The first-order chi connectivity index (χ1) is 11.5. The minimum Gasteiger partial charge on any atom is -0.350 e. The lowest BCUT2D eigenvalue weighted by molar-refractivity contribution is -0.129. The van der Waals surface area contributed by atoms with Crippen molar-refractivity contribution in [3.8, 4) is 0 Å². The van der Waals surface area contributed by atoms with E-state index in [1.165, 1.54) is 13.0 Å². The van der Waals surface area contributed by atoms with Crippen molar-refractivity contribution in [2.75, 3.05) is 13.1 Å². The maximum Gasteiger partial charge on any atom is 0.251 e. The van der Waals surface area contributed by atoms with Crippen LogP contribution in [0.1, 0.15) is 22.8 Å². The van der Waals surface area contributed by atoms with Crippen LogP contribution in [0.4, 0.5) is 0 Å². The fourth-order valence-electron chi connectivity index (χ4n) is 2.20. The Morgan fingerprint density at radius 1 is 1.04 bits per heavy atom. The second-order valence-electron chi connectivity index (χ2n) is 5.31. The first-order valence-corrected chi connectivity index (χ1v) is 8.25. The number of rotatable bonds is 6. The van der Waals surface area contributed by atoms with Crippen LogP contribution in [0.15, 0.2) is 48.5 Å². The normalized spacial score (nSPS) is 10.3. The van der Waals surface area contributed by atoms with Crippen molar-refractivity contribution >= 4 is 35.0 Å². The number of carbonyl (C=O) groups excluding carboxylic acids is 2. The number of hydrogen-bond donors (Lipinski definition) is 1. The largest absolute Gasteiger partial charge is 0.350 e. The molecule has 0 saturated carbocycles. The number of halogens is 2. The highest BCUT2D eigenvalue weighted by atomic mass is 35.5. The second kappa shape index (κ2) is 8.71. The number of amides is 2. The highest BCUT2D eigenvalue weighted by Gasteiger charge is 2.11. The molecule has 0 spiro atoms. The maximum atomic E-state index is 12.1. The number of nitrogens with zero attached hydrogens (tertiary/aromatic N) is 1. The molecule has 0 radical (unpaired) electrons. The number of carbonyl (C=O) groups is 2. The molecule has 0 fully saturated rings. The van der Waals surface area contributed by atoms with Gasteiger partial charge in [-0.15, -0.1) is 0 Å². The Morgan fingerprint density at radius 3 is 2.38 bits per heavy atom. The molecule has 126 valence electrons. The van der Waals surface area contributed by atoms with Gasteiger partial charge >= 0.3 is 0 Å². The lowest BCUT2D eigenvalue weighted by Gasteiger charge is -2.21. The summed E-state index contributed by atoms with van der Waals surface area (Å²) >= 11 is 11.7. The van der Waals surface area contributed by atoms with Crippen LogP contribution in [0.2, 0.25) is 10.0 Å². The number of benzene rings is 2. The van der Waals surface area contributed by atoms with Gasteiger partial charge in [0.05, 0.1) is 10.0 Å². The third kappa shape index (κ3) is 5.25. The van der Waals surface area contributed by atoms with Crippen molar-refractivity contribution in [3.63, 3.8) is 0 Å². The molecular formula is C18H18Cl2N2O2. The van der Waals surface area contributed by atoms with Gasteiger partial charge in [0.25, 0.3) is 5.91 Å². The van der Waals surface area contributed by atoms with E-state index in [0.29, 0.717) is 35.2 Å². The molecule has 0 aromatic heterocycles. The van der Waals surface area contributed by atoms with Crippen molar-refractivity contribution < 1.29 is 9.59 Å². The Morgan fingerprint density at radius 2 is 1.75 bits per heavy atom. The summed E-state index contributed by atoms with van der Waals surface area (Å²) in [6.45, 7) is 2.81. The van der Waals surface area contributed by atoms with E-state index in [2.05, 4.69) is 5.32 Å². The van der Waals surface area contributed by atoms with Crippen LogP contribution >= 0.6 is 23.2 Å². The van der Waals surface area contributed by atoms with E-state index in [9.17, 15) is 9.59 Å². The van der Waals surface area contributed by atoms with Crippen LogP contribution in [0.5, 0.6) is 0 Å². The Labute approximate surface area is 151 Å². The molecule has 0 heterocycles. The highest BCUT2D eigenvalue weighted by Crippen LogP contribution is 2.22. The standard InChI is InChI=1S/C18H18Cl2N2O2/c1-13(23)22(12-14-5-3-2-4-6-14)10-9-21-18(24)15-7-8-16(19)17(20)11-15/h2-8,11H,9-10,12H2,1H3,(H,21,24). The topological polar surface area (TPSA) is 49.4 Å². The minimum absolute atomic E-state index is 0.0392. The molecule has 0 bridgehead atoms. The summed E-state index contributed by atoms with van der Waals surface area (Å²) < 4.78 is 0. The Kier molecular flexibility index (Phi) is 6.64. The first-order valence-electron chi connectivity index (χ1n) is 7.50. The molecule has 0 saturated heterocycles. The predicted molar refractivity (Wildman–Crippen MR) is 96.3 cm³/mol. The zero-order valence-electron chi connectivity index (χ0n) is 13.3. The van der Waals surface area contributed by atoms with Gasteiger partial charge in [-0.3, -0.25) is 9.59 Å². The fourth-order valence-corrected chi connectivity index (χ4v) is 2.49. The van der Waals surface area contributed by atoms with Crippen LogP contribution in [0.25, 0.3) is 0 Å². The number of nitrogens with one attached hydrogen (secondary N) is 1. The smallest absolute Gasteiger partial charge is 0.251 e. The van der Waals surface area contributed by atoms with Gasteiger partial charge in [-0.05, 0) is 23.8 Å². The average Bonchev–Trinajstić information content (AvgIpc) is 2.57. The van der Waals surface area contributed by atoms with Crippen molar-refractivity contribution in [2.24, 2.45) is 0 Å². The number of hydrogen-bond acceptors (Lipinski definition) is 2. The van der Waals surface area contributed by atoms with E-state index < -0.39 is 0 Å². The van der Waals surface area contributed by atoms with E-state index in [4.69, 9.17) is 23.2 Å². The molecule has 6 heteroatoms. The zero-order chi connectivity index (χ0) is 17.5. The van der Waals surface area contributed by atoms with E-state index in [-0.39, 0.29) is 11.8 Å². The third-order valence-corrected chi connectivity index (χ3v) is 4.25. The summed E-state index contributed by atoms with van der Waals surface area (Å²) in [7, 11) is 0. The van der Waals surface area contributed by atoms with Crippen molar-refractivity contribution in [2.45, 2.75) is 13.5 Å². The summed E-state index contributed by atoms with van der Waals surface area (Å²) in [6, 6.07) is 14.4. The van der Waals surface area contributed by atoms with E-state index in [0.717, 1.165) is 5.56 Å². The predicted octanol–water partition coefficient (Wildman–Crippen LogP) is 3.77. The van der Waals surface area contributed by atoms with Gasteiger partial charge in [-0.25, -0.2) is 0 Å². The van der Waals surface area contributed by atoms with Crippen LogP contribution in [0, 0.1) is 0 Å². The van der Waals surface area contributed by atoms with Crippen molar-refractivity contribution in [3.05, 3.63) is 69.7 Å². The SMILES string of the molecule is CC(=O)N(CCNC(=O)c1ccc(Cl)c(Cl)c1)Cc1ccccc1. The van der Waals surface area contributed by atoms with Crippen LogP contribution in [-0.4, -0.2) is 29.8 Å². The van der Waals surface area contributed by atoms with E-state index in [1.807, 2.05) is 30.3 Å². The fraction of sp³-hybridized carbons (Fsp3) is 0.222.